The number of piperazine rings is 2. The number of amides is 2. The van der Waals surface area contributed by atoms with Crippen LogP contribution in [0.5, 0.6) is 0 Å². The lowest BCUT2D eigenvalue weighted by molar-refractivity contribution is -0.944. The third kappa shape index (κ3) is 11.6. The van der Waals surface area contributed by atoms with Gasteiger partial charge in [-0.2, -0.15) is 0 Å². The number of quaternary nitrogens is 2. The highest BCUT2D eigenvalue weighted by Crippen LogP contribution is 2.26. The molecule has 0 unspecified atom stereocenters. The Morgan fingerprint density at radius 2 is 0.776 bits per heavy atom. The molecule has 0 radical (unpaired) electrons. The predicted octanol–water partition coefficient (Wildman–Crippen LogP) is 8.27. The molecule has 0 saturated carbocycles. The van der Waals surface area contributed by atoms with E-state index in [1.807, 2.05) is 94.7 Å². The Bertz CT molecular complexity index is 1800. The van der Waals surface area contributed by atoms with E-state index in [0.29, 0.717) is 26.2 Å². The van der Waals surface area contributed by atoms with Crippen molar-refractivity contribution in [2.75, 3.05) is 65.4 Å². The van der Waals surface area contributed by atoms with Crippen LogP contribution in [-0.2, 0) is 13.1 Å². The summed E-state index contributed by atoms with van der Waals surface area (Å²) in [5.41, 5.74) is 3.83. The van der Waals surface area contributed by atoms with Gasteiger partial charge in [0.15, 0.2) is 0 Å². The van der Waals surface area contributed by atoms with Gasteiger partial charge >= 0.3 is 0 Å². The smallest absolute Gasteiger partial charge is 0.269 e. The summed E-state index contributed by atoms with van der Waals surface area (Å²) in [6, 6.07) is 32.8. The Kier molecular flexibility index (Phi) is 14.8. The van der Waals surface area contributed by atoms with E-state index in [1.165, 1.54) is 25.7 Å². The highest BCUT2D eigenvalue weighted by Gasteiger charge is 2.36. The largest absolute Gasteiger partial charge is 0.327 e. The second kappa shape index (κ2) is 20.3. The molecule has 2 fully saturated rings. The molecule has 0 aliphatic carbocycles. The van der Waals surface area contributed by atoms with Crippen LogP contribution in [0.3, 0.4) is 0 Å². The van der Waals surface area contributed by atoms with E-state index in [1.54, 1.807) is 24.3 Å². The van der Waals surface area contributed by atoms with Crippen LogP contribution in [0, 0.1) is 20.2 Å². The number of benzene rings is 4. The van der Waals surface area contributed by atoms with E-state index < -0.39 is 0 Å². The second-order valence-corrected chi connectivity index (χ2v) is 16.3. The molecule has 0 atom stereocenters. The molecule has 58 heavy (non-hydrogen) atoms. The highest BCUT2D eigenvalue weighted by molar-refractivity contribution is 5.94. The summed E-state index contributed by atoms with van der Waals surface area (Å²) >= 11 is 0. The molecule has 0 N–H and O–H groups in total. The molecule has 6 rings (SSSR count). The van der Waals surface area contributed by atoms with Crippen LogP contribution < -0.4 is 0 Å². The fourth-order valence-corrected chi connectivity index (χ4v) is 8.81. The van der Waals surface area contributed by atoms with Gasteiger partial charge in [0.2, 0.25) is 0 Å². The van der Waals surface area contributed by atoms with E-state index >= 15 is 0 Å². The van der Waals surface area contributed by atoms with Crippen LogP contribution >= 0.6 is 0 Å². The fourth-order valence-electron chi connectivity index (χ4n) is 8.81. The van der Waals surface area contributed by atoms with Crippen molar-refractivity contribution in [1.29, 1.82) is 0 Å². The zero-order valence-electron chi connectivity index (χ0n) is 33.7. The molecular formula is C46H58N6O6+2. The Morgan fingerprint density at radius 1 is 0.466 bits per heavy atom. The van der Waals surface area contributed by atoms with E-state index in [-0.39, 0.29) is 33.0 Å². The number of hydrogen-bond acceptors (Lipinski definition) is 6. The molecule has 12 nitrogen and oxygen atoms in total. The van der Waals surface area contributed by atoms with Crippen molar-refractivity contribution < 1.29 is 28.4 Å². The number of nitro groups is 2. The number of rotatable bonds is 19. The summed E-state index contributed by atoms with van der Waals surface area (Å²) in [6.07, 6.45) is 9.27. The van der Waals surface area contributed by atoms with Gasteiger partial charge in [0.25, 0.3) is 23.2 Å². The molecule has 0 bridgehead atoms. The molecule has 2 saturated heterocycles. The molecule has 4 aromatic rings. The first-order valence-corrected chi connectivity index (χ1v) is 21.0. The van der Waals surface area contributed by atoms with Crippen LogP contribution in [-0.4, -0.2) is 106 Å². The number of unbranched alkanes of at least 4 members (excludes halogenated alkanes) is 7. The minimum Gasteiger partial charge on any atom is -0.327 e. The van der Waals surface area contributed by atoms with Crippen molar-refractivity contribution >= 4 is 23.2 Å². The Hall–Kier alpha value is -5.46. The average molecular weight is 791 g/mol. The molecule has 2 aliphatic heterocycles. The van der Waals surface area contributed by atoms with E-state index in [4.69, 9.17) is 0 Å². The Labute approximate surface area is 342 Å². The SMILES string of the molecule is O=C(c1ccccc1)N1CC[N+](CCCCCCCCCC[N+]2(Cc3ccc([N+](=O)[O-])cc3)CCN(C(=O)c3ccccc3)CC2)(Cc2ccc([N+](=O)[O-])cc2)CC1. The van der Waals surface area contributed by atoms with Gasteiger partial charge in [-0.05, 0) is 74.2 Å². The minimum absolute atomic E-state index is 0.0769. The van der Waals surface area contributed by atoms with E-state index in [9.17, 15) is 29.8 Å². The van der Waals surface area contributed by atoms with Crippen LogP contribution in [0.15, 0.2) is 109 Å². The van der Waals surface area contributed by atoms with Crippen molar-refractivity contribution in [1.82, 2.24) is 9.80 Å². The van der Waals surface area contributed by atoms with Gasteiger partial charge < -0.3 is 18.8 Å². The zero-order valence-corrected chi connectivity index (χ0v) is 33.7. The monoisotopic (exact) mass is 790 g/mol. The molecule has 2 aliphatic rings. The zero-order chi connectivity index (χ0) is 40.8. The second-order valence-electron chi connectivity index (χ2n) is 16.3. The van der Waals surface area contributed by atoms with Crippen LogP contribution in [0.2, 0.25) is 0 Å². The maximum atomic E-state index is 13.2. The molecule has 12 heteroatoms. The van der Waals surface area contributed by atoms with Crippen molar-refractivity contribution in [2.24, 2.45) is 0 Å². The quantitative estimate of drug-likeness (QED) is 0.0408. The molecular weight excluding hydrogens is 733 g/mol. The summed E-state index contributed by atoms with van der Waals surface area (Å²) in [5.74, 6) is 0.154. The third-order valence-corrected chi connectivity index (χ3v) is 12.3. The Morgan fingerprint density at radius 3 is 1.09 bits per heavy atom. The summed E-state index contributed by atoms with van der Waals surface area (Å²) < 4.78 is 1.77. The molecule has 0 aromatic heterocycles. The number of carbonyl (C=O) groups is 2. The van der Waals surface area contributed by atoms with Gasteiger partial charge in [0.1, 0.15) is 13.1 Å². The maximum absolute atomic E-state index is 13.2. The van der Waals surface area contributed by atoms with Crippen LogP contribution in [0.4, 0.5) is 11.4 Å². The summed E-state index contributed by atoms with van der Waals surface area (Å²) in [7, 11) is 0. The van der Waals surface area contributed by atoms with E-state index in [2.05, 4.69) is 0 Å². The van der Waals surface area contributed by atoms with Gasteiger partial charge in [-0.1, -0.05) is 62.1 Å². The first-order chi connectivity index (χ1) is 28.1. The number of nitro benzene ring substituents is 2. The normalized spacial score (nSPS) is 16.1. The van der Waals surface area contributed by atoms with Crippen LogP contribution in [0.1, 0.15) is 83.2 Å². The lowest BCUT2D eigenvalue weighted by Crippen LogP contribution is -2.60. The summed E-state index contributed by atoms with van der Waals surface area (Å²) in [6.45, 7) is 9.87. The predicted molar refractivity (Wildman–Crippen MR) is 225 cm³/mol. The Balaban J connectivity index is 0.949. The lowest BCUT2D eigenvalue weighted by Gasteiger charge is -2.45. The molecule has 4 aromatic carbocycles. The molecule has 306 valence electrons. The number of nitrogens with zero attached hydrogens (tertiary/aromatic N) is 6. The molecule has 2 amide bonds. The number of carbonyl (C=O) groups excluding carboxylic acids is 2. The minimum atomic E-state index is -0.357. The highest BCUT2D eigenvalue weighted by atomic mass is 16.6. The topological polar surface area (TPSA) is 127 Å². The van der Waals surface area contributed by atoms with E-state index in [0.717, 1.165) is 109 Å². The third-order valence-electron chi connectivity index (χ3n) is 12.3. The van der Waals surface area contributed by atoms with Crippen molar-refractivity contribution in [3.8, 4) is 0 Å². The molecule has 2 heterocycles. The number of non-ortho nitro benzene ring substituents is 2. The maximum Gasteiger partial charge on any atom is 0.269 e. The fraction of sp³-hybridized carbons (Fsp3) is 0.435. The molecule has 0 spiro atoms. The number of hydrogen-bond donors (Lipinski definition) is 0. The standard InChI is InChI=1S/C46H58N6O6/c53-45(41-15-9-7-10-16-41)47-27-33-51(34-28-47,37-39-19-23-43(24-20-39)49(55)56)31-13-5-3-1-2-4-6-14-32-52(38-40-21-25-44(26-22-40)50(57)58)35-29-48(30-36-52)46(54)42-17-11-8-12-18-42/h7-12,15-26H,1-6,13-14,27-38H2/q+2. The van der Waals surface area contributed by atoms with Gasteiger partial charge in [-0.15, -0.1) is 0 Å². The van der Waals surface area contributed by atoms with Crippen molar-refractivity contribution in [3.05, 3.63) is 152 Å². The van der Waals surface area contributed by atoms with Crippen molar-refractivity contribution in [3.63, 3.8) is 0 Å². The van der Waals surface area contributed by atoms with Gasteiger partial charge in [-0.25, -0.2) is 0 Å². The first kappa shape index (κ1) is 42.2. The summed E-state index contributed by atoms with van der Waals surface area (Å²) in [4.78, 5) is 52.1. The average Bonchev–Trinajstić information content (AvgIpc) is 3.25. The van der Waals surface area contributed by atoms with Gasteiger partial charge in [0, 0.05) is 46.5 Å². The van der Waals surface area contributed by atoms with Crippen LogP contribution in [0.25, 0.3) is 0 Å². The van der Waals surface area contributed by atoms with Gasteiger partial charge in [-0.3, -0.25) is 29.8 Å². The van der Waals surface area contributed by atoms with Gasteiger partial charge in [0.05, 0.1) is 75.3 Å². The first-order valence-electron chi connectivity index (χ1n) is 21.0. The van der Waals surface area contributed by atoms with Crippen molar-refractivity contribution in [2.45, 2.75) is 64.5 Å². The lowest BCUT2D eigenvalue weighted by atomic mass is 10.0. The summed E-state index contributed by atoms with van der Waals surface area (Å²) in [5, 5.41) is 22.5.